The lowest BCUT2D eigenvalue weighted by Gasteiger charge is -2.07. The number of aromatic amines is 1. The molecule has 0 atom stereocenters. The van der Waals surface area contributed by atoms with Gasteiger partial charge in [-0.15, -0.1) is 0 Å². The Kier molecular flexibility index (Phi) is 5.05. The maximum Gasteiger partial charge on any atom is 0.329 e. The number of nitrogens with one attached hydrogen (secondary N) is 2. The molecule has 0 radical (unpaired) electrons. The third kappa shape index (κ3) is 3.55. The fourth-order valence-corrected chi connectivity index (χ4v) is 3.54. The summed E-state index contributed by atoms with van der Waals surface area (Å²) < 4.78 is 2.67. The minimum atomic E-state index is -0.574. The molecule has 0 fully saturated rings. The van der Waals surface area contributed by atoms with Gasteiger partial charge in [-0.3, -0.25) is 14.2 Å². The molecular formula is C22H19ClN4O3. The van der Waals surface area contributed by atoms with Crippen molar-refractivity contribution in [2.75, 3.05) is 5.32 Å². The van der Waals surface area contributed by atoms with Gasteiger partial charge in [0.05, 0.1) is 17.6 Å². The Balaban J connectivity index is 1.75. The van der Waals surface area contributed by atoms with Crippen LogP contribution < -0.4 is 16.6 Å². The standard InChI is InChI=1S/C22H19ClN4O3/c1-13-8-9-15(10-17(13)23)24-20(28)16-12-26(2)19-18(16)25-22(30)27(21(19)29)11-14-6-4-3-5-7-14/h3-10,12H,11H2,1-2H3,(H,24,28)(H,25,30). The van der Waals surface area contributed by atoms with Crippen LogP contribution in [0.2, 0.25) is 5.02 Å². The summed E-state index contributed by atoms with van der Waals surface area (Å²) in [5, 5.41) is 3.29. The van der Waals surface area contributed by atoms with E-state index in [0.717, 1.165) is 15.7 Å². The van der Waals surface area contributed by atoms with Crippen LogP contribution in [-0.4, -0.2) is 20.0 Å². The van der Waals surface area contributed by atoms with Gasteiger partial charge in [0.2, 0.25) is 0 Å². The molecule has 2 N–H and O–H groups in total. The zero-order valence-corrected chi connectivity index (χ0v) is 17.2. The van der Waals surface area contributed by atoms with Gasteiger partial charge in [-0.1, -0.05) is 48.0 Å². The molecule has 30 heavy (non-hydrogen) atoms. The lowest BCUT2D eigenvalue weighted by Crippen LogP contribution is -2.36. The second-order valence-corrected chi connectivity index (χ2v) is 7.51. The number of amides is 1. The van der Waals surface area contributed by atoms with E-state index in [4.69, 9.17) is 11.6 Å². The lowest BCUT2D eigenvalue weighted by atomic mass is 10.2. The second-order valence-electron chi connectivity index (χ2n) is 7.10. The van der Waals surface area contributed by atoms with E-state index < -0.39 is 17.2 Å². The van der Waals surface area contributed by atoms with Crippen molar-refractivity contribution in [3.63, 3.8) is 0 Å². The van der Waals surface area contributed by atoms with Crippen molar-refractivity contribution in [3.05, 3.63) is 97.3 Å². The van der Waals surface area contributed by atoms with Gasteiger partial charge in [0.15, 0.2) is 0 Å². The van der Waals surface area contributed by atoms with Gasteiger partial charge in [-0.25, -0.2) is 4.79 Å². The smallest absolute Gasteiger partial charge is 0.329 e. The molecule has 0 aliphatic rings. The molecule has 0 unspecified atom stereocenters. The number of nitrogens with zero attached hydrogens (tertiary/aromatic N) is 2. The van der Waals surface area contributed by atoms with Gasteiger partial charge < -0.3 is 14.9 Å². The summed E-state index contributed by atoms with van der Waals surface area (Å²) in [6.07, 6.45) is 1.53. The summed E-state index contributed by atoms with van der Waals surface area (Å²) in [5.41, 5.74) is 1.85. The number of hydrogen-bond donors (Lipinski definition) is 2. The molecule has 7 nitrogen and oxygen atoms in total. The van der Waals surface area contributed by atoms with Crippen LogP contribution in [0.4, 0.5) is 5.69 Å². The third-order valence-electron chi connectivity index (χ3n) is 4.96. The van der Waals surface area contributed by atoms with E-state index in [2.05, 4.69) is 10.3 Å². The first-order chi connectivity index (χ1) is 14.3. The summed E-state index contributed by atoms with van der Waals surface area (Å²) in [6.45, 7) is 2.00. The molecule has 0 saturated carbocycles. The molecule has 2 aromatic carbocycles. The molecule has 2 heterocycles. The first-order valence-corrected chi connectivity index (χ1v) is 9.66. The molecule has 4 rings (SSSR count). The van der Waals surface area contributed by atoms with Crippen LogP contribution in [0, 0.1) is 6.92 Å². The Morgan fingerprint density at radius 3 is 2.57 bits per heavy atom. The van der Waals surface area contributed by atoms with E-state index in [0.29, 0.717) is 10.7 Å². The summed E-state index contributed by atoms with van der Waals surface area (Å²) in [7, 11) is 1.66. The second kappa shape index (κ2) is 7.68. The number of carbonyl (C=O) groups excluding carboxylic acids is 1. The van der Waals surface area contributed by atoms with E-state index in [1.165, 1.54) is 6.20 Å². The SMILES string of the molecule is Cc1ccc(NC(=O)c2cn(C)c3c(=O)n(Cc4ccccc4)c(=O)[nH]c23)cc1Cl. The summed E-state index contributed by atoms with van der Waals surface area (Å²) in [5.74, 6) is -0.448. The average Bonchev–Trinajstić information content (AvgIpc) is 3.05. The van der Waals surface area contributed by atoms with Crippen molar-refractivity contribution in [2.24, 2.45) is 7.05 Å². The molecular weight excluding hydrogens is 404 g/mol. The van der Waals surface area contributed by atoms with Crippen LogP contribution in [-0.2, 0) is 13.6 Å². The van der Waals surface area contributed by atoms with E-state index in [9.17, 15) is 14.4 Å². The fraction of sp³-hybridized carbons (Fsp3) is 0.136. The molecule has 0 spiro atoms. The number of rotatable bonds is 4. The highest BCUT2D eigenvalue weighted by atomic mass is 35.5. The Hall–Kier alpha value is -3.58. The Morgan fingerprint density at radius 2 is 1.87 bits per heavy atom. The van der Waals surface area contributed by atoms with Crippen LogP contribution in [0.15, 0.2) is 64.3 Å². The van der Waals surface area contributed by atoms with Crippen LogP contribution >= 0.6 is 11.6 Å². The minimum absolute atomic E-state index is 0.138. The van der Waals surface area contributed by atoms with Crippen LogP contribution in [0.1, 0.15) is 21.5 Å². The maximum atomic E-state index is 13.0. The molecule has 8 heteroatoms. The molecule has 4 aromatic rings. The van der Waals surface area contributed by atoms with Gasteiger partial charge in [0, 0.05) is 24.0 Å². The largest absolute Gasteiger partial charge is 0.344 e. The van der Waals surface area contributed by atoms with Crippen LogP contribution in [0.5, 0.6) is 0 Å². The highest BCUT2D eigenvalue weighted by Crippen LogP contribution is 2.22. The number of aromatic nitrogens is 3. The number of hydrogen-bond acceptors (Lipinski definition) is 3. The van der Waals surface area contributed by atoms with Crippen molar-refractivity contribution in [2.45, 2.75) is 13.5 Å². The molecule has 0 aliphatic carbocycles. The third-order valence-corrected chi connectivity index (χ3v) is 5.37. The van der Waals surface area contributed by atoms with E-state index in [1.54, 1.807) is 29.8 Å². The van der Waals surface area contributed by atoms with Gasteiger partial charge in [-0.2, -0.15) is 0 Å². The first-order valence-electron chi connectivity index (χ1n) is 9.28. The molecule has 2 aromatic heterocycles. The van der Waals surface area contributed by atoms with Crippen molar-refractivity contribution in [1.29, 1.82) is 0 Å². The first kappa shape index (κ1) is 19.7. The van der Waals surface area contributed by atoms with Crippen molar-refractivity contribution >= 4 is 34.2 Å². The lowest BCUT2D eigenvalue weighted by molar-refractivity contribution is 0.102. The van der Waals surface area contributed by atoms with Gasteiger partial charge in [-0.05, 0) is 30.2 Å². The average molecular weight is 423 g/mol. The van der Waals surface area contributed by atoms with Crippen molar-refractivity contribution < 1.29 is 4.79 Å². The topological polar surface area (TPSA) is 88.9 Å². The van der Waals surface area contributed by atoms with Gasteiger partial charge in [0.25, 0.3) is 11.5 Å². The van der Waals surface area contributed by atoms with E-state index in [-0.39, 0.29) is 23.1 Å². The maximum absolute atomic E-state index is 13.0. The fourth-order valence-electron chi connectivity index (χ4n) is 3.36. The van der Waals surface area contributed by atoms with E-state index in [1.807, 2.05) is 37.3 Å². The molecule has 0 bridgehead atoms. The summed E-state index contributed by atoms with van der Waals surface area (Å²) in [4.78, 5) is 41.2. The quantitative estimate of drug-likeness (QED) is 0.529. The zero-order chi connectivity index (χ0) is 21.4. The Bertz CT molecular complexity index is 1380. The molecule has 1 amide bonds. The highest BCUT2D eigenvalue weighted by molar-refractivity contribution is 6.31. The molecule has 0 aliphatic heterocycles. The number of anilines is 1. The Labute approximate surface area is 176 Å². The monoisotopic (exact) mass is 422 g/mol. The van der Waals surface area contributed by atoms with Gasteiger partial charge >= 0.3 is 5.69 Å². The number of fused-ring (bicyclic) bond motifs is 1. The van der Waals surface area contributed by atoms with Crippen molar-refractivity contribution in [3.8, 4) is 0 Å². The Morgan fingerprint density at radius 1 is 1.13 bits per heavy atom. The van der Waals surface area contributed by atoms with Crippen LogP contribution in [0.3, 0.4) is 0 Å². The molecule has 152 valence electrons. The number of H-pyrrole nitrogens is 1. The van der Waals surface area contributed by atoms with E-state index >= 15 is 0 Å². The van der Waals surface area contributed by atoms with Crippen LogP contribution in [0.25, 0.3) is 11.0 Å². The normalized spacial score (nSPS) is 11.0. The number of halogens is 1. The number of carbonyl (C=O) groups is 1. The highest BCUT2D eigenvalue weighted by Gasteiger charge is 2.20. The summed E-state index contributed by atoms with van der Waals surface area (Å²) in [6, 6.07) is 14.4. The zero-order valence-electron chi connectivity index (χ0n) is 16.4. The predicted molar refractivity (Wildman–Crippen MR) is 117 cm³/mol. The predicted octanol–water partition coefficient (Wildman–Crippen LogP) is 3.29. The van der Waals surface area contributed by atoms with Gasteiger partial charge in [0.1, 0.15) is 5.52 Å². The molecule has 0 saturated heterocycles. The van der Waals surface area contributed by atoms with Crippen molar-refractivity contribution in [1.82, 2.24) is 14.1 Å². The minimum Gasteiger partial charge on any atom is -0.344 e. The number of aryl methyl sites for hydroxylation is 2. The summed E-state index contributed by atoms with van der Waals surface area (Å²) >= 11 is 6.12. The number of benzene rings is 2.